The normalized spacial score (nSPS) is 11.9. The molecule has 0 fully saturated rings. The second-order valence-corrected chi connectivity index (χ2v) is 3.12. The fourth-order valence-electron chi connectivity index (χ4n) is 1.15. The van der Waals surface area contributed by atoms with Gasteiger partial charge in [-0.25, -0.2) is 0 Å². The topological polar surface area (TPSA) is 77.2 Å². The zero-order valence-corrected chi connectivity index (χ0v) is 8.72. The Morgan fingerprint density at radius 3 is 1.93 bits per heavy atom. The van der Waals surface area contributed by atoms with Gasteiger partial charge in [-0.2, -0.15) is 0 Å². The molecule has 0 spiro atoms. The molecule has 0 radical (unpaired) electrons. The van der Waals surface area contributed by atoms with Crippen molar-refractivity contribution in [2.75, 3.05) is 0 Å². The third-order valence-corrected chi connectivity index (χ3v) is 1.93. The maximum atomic E-state index is 11.4. The Labute approximate surface area is 83.2 Å². The van der Waals surface area contributed by atoms with Crippen molar-refractivity contribution in [2.45, 2.75) is 33.6 Å². The quantitative estimate of drug-likeness (QED) is 0.521. The van der Waals surface area contributed by atoms with Gasteiger partial charge >= 0.3 is 0 Å². The standard InChI is InChI=1S/C10H15NO3/c1-4-8(10(11)14)7(3)9(13)5-6(2)12/h4-5H2,1-3H3,(H2,11,14). The number of allylic oxidation sites excluding steroid dienone is 1. The van der Waals surface area contributed by atoms with Crippen molar-refractivity contribution in [1.82, 2.24) is 0 Å². The summed E-state index contributed by atoms with van der Waals surface area (Å²) in [4.78, 5) is 32.9. The SMILES string of the molecule is CCC(C(N)=O)=C(C)C(=O)CC(C)=O. The van der Waals surface area contributed by atoms with Crippen LogP contribution in [0, 0.1) is 0 Å². The summed E-state index contributed by atoms with van der Waals surface area (Å²) in [5.41, 5.74) is 5.69. The van der Waals surface area contributed by atoms with Crippen LogP contribution >= 0.6 is 0 Å². The number of carbonyl (C=O) groups is 3. The number of hydrogen-bond donors (Lipinski definition) is 1. The molecule has 0 aromatic carbocycles. The minimum Gasteiger partial charge on any atom is -0.366 e. The summed E-state index contributed by atoms with van der Waals surface area (Å²) in [5.74, 6) is -1.13. The van der Waals surface area contributed by atoms with Gasteiger partial charge in [0, 0.05) is 11.1 Å². The van der Waals surface area contributed by atoms with Gasteiger partial charge in [-0.05, 0) is 20.3 Å². The van der Waals surface area contributed by atoms with Crippen LogP contribution in [0.25, 0.3) is 0 Å². The molecule has 0 rings (SSSR count). The fraction of sp³-hybridized carbons (Fsp3) is 0.500. The third-order valence-electron chi connectivity index (χ3n) is 1.93. The van der Waals surface area contributed by atoms with Crippen LogP contribution in [0.1, 0.15) is 33.6 Å². The number of ketones is 2. The van der Waals surface area contributed by atoms with E-state index in [9.17, 15) is 14.4 Å². The molecular formula is C10H15NO3. The molecule has 0 heterocycles. The number of Topliss-reactive ketones (excluding diaryl/α,β-unsaturated/α-hetero) is 2. The van der Waals surface area contributed by atoms with Crippen molar-refractivity contribution in [3.05, 3.63) is 11.1 Å². The number of carbonyl (C=O) groups excluding carboxylic acids is 3. The van der Waals surface area contributed by atoms with Crippen LogP contribution in [0.3, 0.4) is 0 Å². The summed E-state index contributed by atoms with van der Waals surface area (Å²) in [6.07, 6.45) is 0.243. The number of primary amides is 1. The number of rotatable bonds is 5. The van der Waals surface area contributed by atoms with Crippen molar-refractivity contribution >= 4 is 17.5 Å². The van der Waals surface area contributed by atoms with E-state index in [0.717, 1.165) is 0 Å². The molecule has 1 amide bonds. The third kappa shape index (κ3) is 3.51. The molecule has 0 saturated carbocycles. The van der Waals surface area contributed by atoms with Crippen LogP contribution in [0.4, 0.5) is 0 Å². The Kier molecular flexibility index (Phi) is 4.77. The molecule has 0 aliphatic carbocycles. The second-order valence-electron chi connectivity index (χ2n) is 3.12. The lowest BCUT2D eigenvalue weighted by molar-refractivity contribution is -0.124. The first kappa shape index (κ1) is 12.6. The van der Waals surface area contributed by atoms with Gasteiger partial charge in [0.25, 0.3) is 0 Å². The summed E-state index contributed by atoms with van der Waals surface area (Å²) in [7, 11) is 0. The van der Waals surface area contributed by atoms with E-state index in [1.807, 2.05) is 0 Å². The maximum absolute atomic E-state index is 11.4. The smallest absolute Gasteiger partial charge is 0.245 e. The van der Waals surface area contributed by atoms with Crippen LogP contribution in [0.2, 0.25) is 0 Å². The van der Waals surface area contributed by atoms with Crippen molar-refractivity contribution < 1.29 is 14.4 Å². The van der Waals surface area contributed by atoms with E-state index in [-0.39, 0.29) is 18.0 Å². The molecule has 2 N–H and O–H groups in total. The molecule has 4 heteroatoms. The van der Waals surface area contributed by atoms with E-state index in [1.165, 1.54) is 13.8 Å². The average Bonchev–Trinajstić information content (AvgIpc) is 2.03. The Bertz CT molecular complexity index is 302. The summed E-state index contributed by atoms with van der Waals surface area (Å²) >= 11 is 0. The fourth-order valence-corrected chi connectivity index (χ4v) is 1.15. The van der Waals surface area contributed by atoms with E-state index in [2.05, 4.69) is 0 Å². The van der Waals surface area contributed by atoms with Crippen LogP contribution in [0.15, 0.2) is 11.1 Å². The molecular weight excluding hydrogens is 182 g/mol. The molecule has 14 heavy (non-hydrogen) atoms. The molecule has 0 aliphatic heterocycles. The predicted molar refractivity (Wildman–Crippen MR) is 52.5 cm³/mol. The first-order valence-corrected chi connectivity index (χ1v) is 4.42. The van der Waals surface area contributed by atoms with E-state index >= 15 is 0 Å². The summed E-state index contributed by atoms with van der Waals surface area (Å²) in [6.45, 7) is 4.60. The van der Waals surface area contributed by atoms with Crippen LogP contribution < -0.4 is 5.73 Å². The monoisotopic (exact) mass is 197 g/mol. The van der Waals surface area contributed by atoms with Gasteiger partial charge in [0.15, 0.2) is 5.78 Å². The molecule has 78 valence electrons. The van der Waals surface area contributed by atoms with Gasteiger partial charge in [0.1, 0.15) is 5.78 Å². The zero-order valence-electron chi connectivity index (χ0n) is 8.72. The average molecular weight is 197 g/mol. The number of hydrogen-bond acceptors (Lipinski definition) is 3. The number of amides is 1. The van der Waals surface area contributed by atoms with Gasteiger partial charge in [0.2, 0.25) is 5.91 Å². The van der Waals surface area contributed by atoms with Crippen molar-refractivity contribution in [3.63, 3.8) is 0 Å². The highest BCUT2D eigenvalue weighted by Gasteiger charge is 2.14. The van der Waals surface area contributed by atoms with E-state index in [1.54, 1.807) is 6.92 Å². The highest BCUT2D eigenvalue weighted by Crippen LogP contribution is 2.10. The summed E-state index contributed by atoms with van der Waals surface area (Å²) in [5, 5.41) is 0. The first-order valence-electron chi connectivity index (χ1n) is 4.42. The van der Waals surface area contributed by atoms with Crippen molar-refractivity contribution in [1.29, 1.82) is 0 Å². The minimum atomic E-state index is -0.595. The van der Waals surface area contributed by atoms with Gasteiger partial charge in [-0.3, -0.25) is 14.4 Å². The maximum Gasteiger partial charge on any atom is 0.245 e. The predicted octanol–water partition coefficient (Wildman–Crippen LogP) is 0.746. The van der Waals surface area contributed by atoms with Crippen molar-refractivity contribution in [2.24, 2.45) is 5.73 Å². The largest absolute Gasteiger partial charge is 0.366 e. The van der Waals surface area contributed by atoms with Gasteiger partial charge < -0.3 is 5.73 Å². The Hall–Kier alpha value is -1.45. The van der Waals surface area contributed by atoms with E-state index in [0.29, 0.717) is 17.6 Å². The lowest BCUT2D eigenvalue weighted by atomic mass is 10.00. The molecule has 0 aromatic heterocycles. The van der Waals surface area contributed by atoms with Crippen LogP contribution in [0.5, 0.6) is 0 Å². The molecule has 4 nitrogen and oxygen atoms in total. The second kappa shape index (κ2) is 5.32. The highest BCUT2D eigenvalue weighted by atomic mass is 16.2. The summed E-state index contributed by atoms with van der Waals surface area (Å²) in [6, 6.07) is 0. The first-order chi connectivity index (χ1) is 6.40. The van der Waals surface area contributed by atoms with Crippen LogP contribution in [-0.4, -0.2) is 17.5 Å². The molecule has 0 saturated heterocycles. The molecule has 0 aliphatic rings. The van der Waals surface area contributed by atoms with Gasteiger partial charge in [-0.1, -0.05) is 6.92 Å². The van der Waals surface area contributed by atoms with Crippen LogP contribution in [-0.2, 0) is 14.4 Å². The molecule has 0 atom stereocenters. The molecule has 0 aromatic rings. The van der Waals surface area contributed by atoms with E-state index in [4.69, 9.17) is 5.73 Å². The number of nitrogens with two attached hydrogens (primary N) is 1. The van der Waals surface area contributed by atoms with Crippen molar-refractivity contribution in [3.8, 4) is 0 Å². The van der Waals surface area contributed by atoms with Gasteiger partial charge in [-0.15, -0.1) is 0 Å². The lowest BCUT2D eigenvalue weighted by Crippen LogP contribution is -2.18. The minimum absolute atomic E-state index is 0.164. The highest BCUT2D eigenvalue weighted by molar-refractivity contribution is 6.10. The lowest BCUT2D eigenvalue weighted by Gasteiger charge is -2.04. The Balaban J connectivity index is 4.86. The Morgan fingerprint density at radius 2 is 1.64 bits per heavy atom. The molecule has 0 unspecified atom stereocenters. The zero-order chi connectivity index (χ0) is 11.3. The summed E-state index contributed by atoms with van der Waals surface area (Å²) < 4.78 is 0. The van der Waals surface area contributed by atoms with Gasteiger partial charge in [0.05, 0.1) is 6.42 Å². The molecule has 0 bridgehead atoms. The van der Waals surface area contributed by atoms with E-state index < -0.39 is 5.91 Å². The Morgan fingerprint density at radius 1 is 1.14 bits per heavy atom.